The first kappa shape index (κ1) is 14.8. The molecule has 0 aliphatic rings. The monoisotopic (exact) mass is 361 g/mol. The van der Waals surface area contributed by atoms with E-state index in [4.69, 9.17) is 28.9 Å². The lowest BCUT2D eigenvalue weighted by Gasteiger charge is -2.15. The number of rotatable bonds is 3. The minimum atomic E-state index is -0.387. The van der Waals surface area contributed by atoms with Gasteiger partial charge < -0.3 is 5.73 Å². The summed E-state index contributed by atoms with van der Waals surface area (Å²) in [4.78, 5) is 0. The summed E-state index contributed by atoms with van der Waals surface area (Å²) in [6.45, 7) is 0. The van der Waals surface area contributed by atoms with Gasteiger partial charge in [0.05, 0.1) is 0 Å². The van der Waals surface area contributed by atoms with Crippen LogP contribution in [0.1, 0.15) is 17.2 Å². The van der Waals surface area contributed by atoms with E-state index in [2.05, 4.69) is 15.9 Å². The van der Waals surface area contributed by atoms with E-state index in [0.717, 1.165) is 10.0 Å². The van der Waals surface area contributed by atoms with Crippen LogP contribution in [0.25, 0.3) is 0 Å². The van der Waals surface area contributed by atoms with Gasteiger partial charge in [0.25, 0.3) is 0 Å². The molecule has 0 fully saturated rings. The molecule has 0 aromatic heterocycles. The van der Waals surface area contributed by atoms with Gasteiger partial charge in [-0.15, -0.1) is 0 Å². The Hall–Kier alpha value is -0.610. The Morgan fingerprint density at radius 1 is 1.21 bits per heavy atom. The normalized spacial score (nSPS) is 12.5. The van der Waals surface area contributed by atoms with Crippen LogP contribution in [0.4, 0.5) is 4.39 Å². The van der Waals surface area contributed by atoms with Crippen molar-refractivity contribution in [1.29, 1.82) is 0 Å². The SMILES string of the molecule is NC(Cc1c(F)cccc1Cl)c1cc(Cl)ccc1Br. The highest BCUT2D eigenvalue weighted by atomic mass is 79.9. The topological polar surface area (TPSA) is 26.0 Å². The summed E-state index contributed by atoms with van der Waals surface area (Å²) in [6, 6.07) is 9.56. The third-order valence-corrected chi connectivity index (χ3v) is 4.15. The molecular weight excluding hydrogens is 352 g/mol. The summed E-state index contributed by atoms with van der Waals surface area (Å²) in [5.41, 5.74) is 7.37. The molecule has 2 aromatic carbocycles. The van der Waals surface area contributed by atoms with Gasteiger partial charge in [0.15, 0.2) is 0 Å². The van der Waals surface area contributed by atoms with Crippen LogP contribution in [0.5, 0.6) is 0 Å². The number of halogens is 4. The van der Waals surface area contributed by atoms with Gasteiger partial charge in [0.2, 0.25) is 0 Å². The van der Waals surface area contributed by atoms with Crippen molar-refractivity contribution in [3.05, 3.63) is 67.9 Å². The highest BCUT2D eigenvalue weighted by Gasteiger charge is 2.15. The van der Waals surface area contributed by atoms with Gasteiger partial charge in [0, 0.05) is 26.1 Å². The van der Waals surface area contributed by atoms with E-state index < -0.39 is 0 Å². The number of hydrogen-bond donors (Lipinski definition) is 1. The maximum Gasteiger partial charge on any atom is 0.127 e. The van der Waals surface area contributed by atoms with Crippen LogP contribution in [-0.2, 0) is 6.42 Å². The van der Waals surface area contributed by atoms with Crippen LogP contribution in [0, 0.1) is 5.82 Å². The zero-order valence-corrected chi connectivity index (χ0v) is 12.9. The predicted octanol–water partition coefficient (Wildman–Crippen LogP) is 5.14. The van der Waals surface area contributed by atoms with Crippen molar-refractivity contribution >= 4 is 39.1 Å². The average Bonchev–Trinajstić information content (AvgIpc) is 2.37. The minimum Gasteiger partial charge on any atom is -0.324 e. The summed E-state index contributed by atoms with van der Waals surface area (Å²) in [7, 11) is 0. The Balaban J connectivity index is 2.31. The van der Waals surface area contributed by atoms with Crippen molar-refractivity contribution < 1.29 is 4.39 Å². The third-order valence-electron chi connectivity index (χ3n) is 2.84. The van der Waals surface area contributed by atoms with E-state index in [1.54, 1.807) is 24.3 Å². The molecule has 0 bridgehead atoms. The molecular formula is C14H11BrCl2FN. The van der Waals surface area contributed by atoms with E-state index in [-0.39, 0.29) is 11.9 Å². The lowest BCUT2D eigenvalue weighted by molar-refractivity contribution is 0.593. The van der Waals surface area contributed by atoms with Crippen LogP contribution >= 0.6 is 39.1 Å². The lowest BCUT2D eigenvalue weighted by atomic mass is 9.99. The van der Waals surface area contributed by atoms with E-state index in [9.17, 15) is 4.39 Å². The Morgan fingerprint density at radius 3 is 2.63 bits per heavy atom. The van der Waals surface area contributed by atoms with Crippen LogP contribution in [0.15, 0.2) is 40.9 Å². The van der Waals surface area contributed by atoms with Crippen molar-refractivity contribution in [1.82, 2.24) is 0 Å². The first-order valence-electron chi connectivity index (χ1n) is 5.62. The molecule has 0 radical (unpaired) electrons. The lowest BCUT2D eigenvalue weighted by Crippen LogP contribution is -2.15. The molecule has 1 nitrogen and oxygen atoms in total. The number of benzene rings is 2. The zero-order valence-electron chi connectivity index (χ0n) is 9.84. The quantitative estimate of drug-likeness (QED) is 0.803. The molecule has 0 amide bonds. The second kappa shape index (κ2) is 6.23. The summed E-state index contributed by atoms with van der Waals surface area (Å²) < 4.78 is 14.6. The van der Waals surface area contributed by atoms with E-state index in [1.807, 2.05) is 6.07 Å². The molecule has 1 unspecified atom stereocenters. The van der Waals surface area contributed by atoms with Crippen molar-refractivity contribution in [3.8, 4) is 0 Å². The standard InChI is InChI=1S/C14H11BrCl2FN/c15-11-5-4-8(16)6-9(11)14(19)7-10-12(17)2-1-3-13(10)18/h1-6,14H,7,19H2. The van der Waals surface area contributed by atoms with Crippen molar-refractivity contribution in [2.24, 2.45) is 5.73 Å². The van der Waals surface area contributed by atoms with Gasteiger partial charge in [-0.25, -0.2) is 4.39 Å². The van der Waals surface area contributed by atoms with E-state index in [0.29, 0.717) is 22.0 Å². The molecule has 0 aliphatic heterocycles. The summed E-state index contributed by atoms with van der Waals surface area (Å²) in [5.74, 6) is -0.346. The molecule has 0 spiro atoms. The largest absolute Gasteiger partial charge is 0.324 e. The first-order valence-corrected chi connectivity index (χ1v) is 7.17. The smallest absolute Gasteiger partial charge is 0.127 e. The maximum absolute atomic E-state index is 13.7. The van der Waals surface area contributed by atoms with E-state index in [1.165, 1.54) is 6.07 Å². The fraction of sp³-hybridized carbons (Fsp3) is 0.143. The van der Waals surface area contributed by atoms with Crippen LogP contribution in [0.2, 0.25) is 10.0 Å². The van der Waals surface area contributed by atoms with Gasteiger partial charge in [-0.2, -0.15) is 0 Å². The number of nitrogens with two attached hydrogens (primary N) is 1. The number of hydrogen-bond acceptors (Lipinski definition) is 1. The van der Waals surface area contributed by atoms with Gasteiger partial charge in [-0.3, -0.25) is 0 Å². The second-order valence-electron chi connectivity index (χ2n) is 4.18. The first-order chi connectivity index (χ1) is 8.99. The van der Waals surface area contributed by atoms with Crippen LogP contribution < -0.4 is 5.73 Å². The molecule has 2 N–H and O–H groups in total. The van der Waals surface area contributed by atoms with Gasteiger partial charge in [-0.1, -0.05) is 45.2 Å². The Bertz CT molecular complexity index is 584. The maximum atomic E-state index is 13.7. The molecule has 100 valence electrons. The molecule has 0 saturated carbocycles. The van der Waals surface area contributed by atoms with Crippen LogP contribution in [0.3, 0.4) is 0 Å². The third kappa shape index (κ3) is 3.48. The fourth-order valence-electron chi connectivity index (χ4n) is 1.86. The highest BCUT2D eigenvalue weighted by Crippen LogP contribution is 2.30. The minimum absolute atomic E-state index is 0.310. The predicted molar refractivity (Wildman–Crippen MR) is 81.2 cm³/mol. The van der Waals surface area contributed by atoms with Crippen molar-refractivity contribution in [3.63, 3.8) is 0 Å². The molecule has 0 saturated heterocycles. The van der Waals surface area contributed by atoms with Crippen molar-refractivity contribution in [2.75, 3.05) is 0 Å². The van der Waals surface area contributed by atoms with Gasteiger partial charge in [0.1, 0.15) is 5.82 Å². The second-order valence-corrected chi connectivity index (χ2v) is 5.87. The van der Waals surface area contributed by atoms with Gasteiger partial charge in [-0.05, 0) is 42.3 Å². The van der Waals surface area contributed by atoms with Gasteiger partial charge >= 0.3 is 0 Å². The van der Waals surface area contributed by atoms with E-state index >= 15 is 0 Å². The molecule has 2 rings (SSSR count). The Labute approximate surface area is 129 Å². The highest BCUT2D eigenvalue weighted by molar-refractivity contribution is 9.10. The Morgan fingerprint density at radius 2 is 1.95 bits per heavy atom. The van der Waals surface area contributed by atoms with Crippen molar-refractivity contribution in [2.45, 2.75) is 12.5 Å². The summed E-state index contributed by atoms with van der Waals surface area (Å²) in [6.07, 6.45) is 0.310. The zero-order chi connectivity index (χ0) is 14.0. The average molecular weight is 363 g/mol. The summed E-state index contributed by atoms with van der Waals surface area (Å²) in [5, 5.41) is 0.974. The molecule has 0 aliphatic carbocycles. The summed E-state index contributed by atoms with van der Waals surface area (Å²) >= 11 is 15.4. The molecule has 1 atom stereocenters. The molecule has 0 heterocycles. The fourth-order valence-corrected chi connectivity index (χ4v) is 2.82. The van der Waals surface area contributed by atoms with Crippen LogP contribution in [-0.4, -0.2) is 0 Å². The Kier molecular flexibility index (Phi) is 4.85. The molecule has 19 heavy (non-hydrogen) atoms. The molecule has 2 aromatic rings. The molecule has 5 heteroatoms.